The first-order valence-electron chi connectivity index (χ1n) is 15.2. The van der Waals surface area contributed by atoms with Gasteiger partial charge in [0.1, 0.15) is 5.75 Å². The monoisotopic (exact) mass is 572 g/mol. The van der Waals surface area contributed by atoms with Gasteiger partial charge in [-0.15, -0.1) is 0 Å². The minimum atomic E-state index is -1.02. The highest BCUT2D eigenvalue weighted by molar-refractivity contribution is 6.04. The Hall–Kier alpha value is -2.69. The van der Waals surface area contributed by atoms with Gasteiger partial charge in [-0.05, 0) is 77.0 Å². The molecule has 10 nitrogen and oxygen atoms in total. The molecule has 1 aromatic rings. The second kappa shape index (κ2) is 13.5. The molecule has 2 heterocycles. The molecule has 228 valence electrons. The first-order valence-corrected chi connectivity index (χ1v) is 15.2. The second-order valence-electron chi connectivity index (χ2n) is 12.5. The number of anilines is 2. The summed E-state index contributed by atoms with van der Waals surface area (Å²) in [6, 6.07) is 5.62. The number of aliphatic hydroxyl groups excluding tert-OH is 1. The van der Waals surface area contributed by atoms with E-state index in [1.807, 2.05) is 30.0 Å². The highest BCUT2D eigenvalue weighted by Crippen LogP contribution is 2.43. The Morgan fingerprint density at radius 3 is 2.63 bits per heavy atom. The van der Waals surface area contributed by atoms with E-state index in [1.165, 1.54) is 0 Å². The molecule has 1 saturated heterocycles. The van der Waals surface area contributed by atoms with E-state index in [0.717, 1.165) is 24.9 Å². The quantitative estimate of drug-likeness (QED) is 0.333. The molecule has 0 spiro atoms. The van der Waals surface area contributed by atoms with Gasteiger partial charge in [-0.25, -0.2) is 0 Å². The van der Waals surface area contributed by atoms with E-state index in [9.17, 15) is 19.5 Å². The van der Waals surface area contributed by atoms with E-state index in [4.69, 9.17) is 9.47 Å². The van der Waals surface area contributed by atoms with Crippen molar-refractivity contribution in [1.82, 2.24) is 10.6 Å². The summed E-state index contributed by atoms with van der Waals surface area (Å²) in [7, 11) is 0. The largest absolute Gasteiger partial charge is 0.476 e. The number of carbonyl (C=O) groups excluding carboxylic acids is 3. The molecule has 0 aromatic heterocycles. The molecule has 10 heteroatoms. The Labute approximate surface area is 244 Å². The van der Waals surface area contributed by atoms with Crippen LogP contribution in [0.4, 0.5) is 11.4 Å². The van der Waals surface area contributed by atoms with Crippen molar-refractivity contribution in [3.8, 4) is 5.75 Å². The molecule has 0 radical (unpaired) electrons. The minimum absolute atomic E-state index is 0.00390. The van der Waals surface area contributed by atoms with Crippen LogP contribution in [-0.4, -0.2) is 80.0 Å². The highest BCUT2D eigenvalue weighted by atomic mass is 16.5. The molecule has 2 fully saturated rings. The van der Waals surface area contributed by atoms with Gasteiger partial charge in [0, 0.05) is 44.6 Å². The summed E-state index contributed by atoms with van der Waals surface area (Å²) in [5.74, 6) is 0.147. The van der Waals surface area contributed by atoms with Crippen LogP contribution < -0.4 is 25.2 Å². The van der Waals surface area contributed by atoms with Crippen molar-refractivity contribution >= 4 is 29.1 Å². The Kier molecular flexibility index (Phi) is 10.3. The molecule has 3 aliphatic rings. The van der Waals surface area contributed by atoms with Gasteiger partial charge in [-0.3, -0.25) is 14.4 Å². The number of aliphatic hydroxyl groups is 1. The van der Waals surface area contributed by atoms with E-state index in [1.54, 1.807) is 18.7 Å². The van der Waals surface area contributed by atoms with Crippen LogP contribution in [0.1, 0.15) is 66.7 Å². The number of benzene rings is 1. The predicted molar refractivity (Wildman–Crippen MR) is 158 cm³/mol. The third-order valence-electron chi connectivity index (χ3n) is 8.02. The molecule has 0 bridgehead atoms. The normalized spacial score (nSPS) is 22.6. The van der Waals surface area contributed by atoms with Gasteiger partial charge >= 0.3 is 0 Å². The van der Waals surface area contributed by atoms with Gasteiger partial charge < -0.3 is 35.0 Å². The molecule has 4 rings (SSSR count). The predicted octanol–water partition coefficient (Wildman–Crippen LogP) is 2.86. The first kappa shape index (κ1) is 31.3. The number of hydrogen-bond donors (Lipinski definition) is 3. The highest BCUT2D eigenvalue weighted by Gasteiger charge is 2.43. The van der Waals surface area contributed by atoms with E-state index in [2.05, 4.69) is 24.5 Å². The summed E-state index contributed by atoms with van der Waals surface area (Å²) in [6.45, 7) is 12.2. The maximum Gasteiger partial charge on any atom is 0.270 e. The SMILES string of the molecule is CCOCC(CC(C)C)NC(=O)C1CNCC(C(=O)N(c2ccc3c(c2)N(CCCO)C(=O)C(C)(C)O3)C2CC2)C1. The first-order chi connectivity index (χ1) is 19.6. The van der Waals surface area contributed by atoms with Crippen LogP contribution in [0.3, 0.4) is 0 Å². The average molecular weight is 573 g/mol. The maximum atomic E-state index is 14.0. The third-order valence-corrected chi connectivity index (χ3v) is 8.02. The summed E-state index contributed by atoms with van der Waals surface area (Å²) in [5, 5.41) is 15.9. The fourth-order valence-electron chi connectivity index (χ4n) is 5.85. The summed E-state index contributed by atoms with van der Waals surface area (Å²) >= 11 is 0. The molecule has 1 aliphatic carbocycles. The lowest BCUT2D eigenvalue weighted by atomic mass is 9.88. The van der Waals surface area contributed by atoms with Gasteiger partial charge in [-0.2, -0.15) is 0 Å². The second-order valence-corrected chi connectivity index (χ2v) is 12.5. The van der Waals surface area contributed by atoms with Gasteiger partial charge in [-0.1, -0.05) is 13.8 Å². The van der Waals surface area contributed by atoms with E-state index < -0.39 is 5.60 Å². The van der Waals surface area contributed by atoms with Crippen LogP contribution in [0, 0.1) is 17.8 Å². The summed E-state index contributed by atoms with van der Waals surface area (Å²) in [6.07, 6.45) is 3.58. The van der Waals surface area contributed by atoms with E-state index >= 15 is 0 Å². The zero-order valence-electron chi connectivity index (χ0n) is 25.3. The Morgan fingerprint density at radius 2 is 1.98 bits per heavy atom. The minimum Gasteiger partial charge on any atom is -0.476 e. The standard InChI is InChI=1S/C31H48N4O6/c1-6-40-19-23(14-20(2)3)33-28(37)21-15-22(18-32-17-21)29(38)35(24-8-9-24)25-10-11-27-26(16-25)34(12-7-13-36)30(39)31(4,5)41-27/h10-11,16,20-24,32,36H,6-9,12-15,17-19H2,1-5H3,(H,33,37). The molecule has 3 unspecified atom stereocenters. The third kappa shape index (κ3) is 7.59. The summed E-state index contributed by atoms with van der Waals surface area (Å²) in [4.78, 5) is 44.0. The Bertz CT molecular complexity index is 1090. The lowest BCUT2D eigenvalue weighted by Gasteiger charge is -2.39. The van der Waals surface area contributed by atoms with Crippen LogP contribution in [-0.2, 0) is 19.1 Å². The number of hydrogen-bond acceptors (Lipinski definition) is 7. The van der Waals surface area contributed by atoms with Crippen LogP contribution in [0.15, 0.2) is 18.2 Å². The van der Waals surface area contributed by atoms with Gasteiger partial charge in [0.2, 0.25) is 11.8 Å². The zero-order chi connectivity index (χ0) is 29.7. The van der Waals surface area contributed by atoms with Gasteiger partial charge in [0.25, 0.3) is 5.91 Å². The van der Waals surface area contributed by atoms with Crippen molar-refractivity contribution in [3.05, 3.63) is 18.2 Å². The smallest absolute Gasteiger partial charge is 0.270 e. The van der Waals surface area contributed by atoms with Crippen LogP contribution in [0.2, 0.25) is 0 Å². The summed E-state index contributed by atoms with van der Waals surface area (Å²) in [5.41, 5.74) is 0.320. The number of ether oxygens (including phenoxy) is 2. The van der Waals surface area contributed by atoms with Crippen molar-refractivity contribution < 1.29 is 29.0 Å². The van der Waals surface area contributed by atoms with E-state index in [0.29, 0.717) is 63.0 Å². The lowest BCUT2D eigenvalue weighted by Crippen LogP contribution is -2.53. The zero-order valence-corrected chi connectivity index (χ0v) is 25.3. The number of rotatable bonds is 13. The van der Waals surface area contributed by atoms with Crippen molar-refractivity contribution in [2.75, 3.05) is 49.3 Å². The topological polar surface area (TPSA) is 120 Å². The molecule has 3 atom stereocenters. The molecule has 1 saturated carbocycles. The number of nitrogens with zero attached hydrogens (tertiary/aromatic N) is 2. The Morgan fingerprint density at radius 1 is 1.24 bits per heavy atom. The molecule has 3 amide bonds. The number of carbonyl (C=O) groups is 3. The van der Waals surface area contributed by atoms with Crippen molar-refractivity contribution in [2.45, 2.75) is 84.4 Å². The van der Waals surface area contributed by atoms with E-state index in [-0.39, 0.29) is 48.2 Å². The van der Waals surface area contributed by atoms with Crippen LogP contribution >= 0.6 is 0 Å². The number of amides is 3. The fourth-order valence-corrected chi connectivity index (χ4v) is 5.85. The number of piperidine rings is 1. The van der Waals surface area contributed by atoms with Gasteiger partial charge in [0.05, 0.1) is 30.2 Å². The van der Waals surface area contributed by atoms with Gasteiger partial charge in [0.15, 0.2) is 5.60 Å². The summed E-state index contributed by atoms with van der Waals surface area (Å²) < 4.78 is 11.6. The van der Waals surface area contributed by atoms with Crippen molar-refractivity contribution in [2.24, 2.45) is 17.8 Å². The Balaban J connectivity index is 1.51. The van der Waals surface area contributed by atoms with Crippen molar-refractivity contribution in [3.63, 3.8) is 0 Å². The molecule has 3 N–H and O–H groups in total. The van der Waals surface area contributed by atoms with Crippen LogP contribution in [0.5, 0.6) is 5.75 Å². The molecule has 41 heavy (non-hydrogen) atoms. The molecular formula is C31H48N4O6. The maximum absolute atomic E-state index is 14.0. The number of fused-ring (bicyclic) bond motifs is 1. The molecular weight excluding hydrogens is 524 g/mol. The lowest BCUT2D eigenvalue weighted by molar-refractivity contribution is -0.132. The molecule has 1 aromatic carbocycles. The van der Waals surface area contributed by atoms with Crippen LogP contribution in [0.25, 0.3) is 0 Å². The average Bonchev–Trinajstić information content (AvgIpc) is 3.77. The fraction of sp³-hybridized carbons (Fsp3) is 0.710. The molecule has 2 aliphatic heterocycles. The number of nitrogens with one attached hydrogen (secondary N) is 2. The van der Waals surface area contributed by atoms with Crippen molar-refractivity contribution in [1.29, 1.82) is 0 Å².